The number of aromatic nitrogens is 1. The van der Waals surface area contributed by atoms with Gasteiger partial charge in [-0.05, 0) is 77.0 Å². The van der Waals surface area contributed by atoms with Crippen molar-refractivity contribution in [3.05, 3.63) is 99.8 Å². The Bertz CT molecular complexity index is 2130. The lowest BCUT2D eigenvalue weighted by molar-refractivity contribution is -0.135. The molecule has 0 radical (unpaired) electrons. The van der Waals surface area contributed by atoms with Gasteiger partial charge in [-0.25, -0.2) is 9.86 Å². The van der Waals surface area contributed by atoms with E-state index < -0.39 is 16.1 Å². The highest BCUT2D eigenvalue weighted by molar-refractivity contribution is 7.87. The molecule has 3 unspecified atom stereocenters. The van der Waals surface area contributed by atoms with Gasteiger partial charge in [-0.1, -0.05) is 67.8 Å². The first-order valence-electron chi connectivity index (χ1n) is 18.4. The third-order valence-corrected chi connectivity index (χ3v) is 12.9. The minimum atomic E-state index is -4.25. The first-order chi connectivity index (χ1) is 24.7. The molecule has 3 N–H and O–H groups in total. The number of fused-ring (bicyclic) bond motifs is 7. The molecule has 2 amide bonds. The van der Waals surface area contributed by atoms with Crippen LogP contribution in [0.5, 0.6) is 5.75 Å². The standard InChI is InChI=1S/C40H45N5O5S/c1-50-34-16-15-28(25-11-6-3-7-12-25)38-31(34)17-33-35-29(36-32(23-45(33)38)37(36)39(46)42-51(41,48)49)13-8-14-30(35)40(47)44-21-26-19-43(20-27(26)22-44)18-24-9-4-2-5-10-24/h2,4-5,8-10,13,15-17,25-27,30,35H,3,6-7,11-12,14,18-23H2,1H3,(H,42,46)(H2,41,48,49)/t26?,27?,30-,35?/m1/s1. The van der Waals surface area contributed by atoms with Crippen molar-refractivity contribution in [2.45, 2.75) is 63.5 Å². The van der Waals surface area contributed by atoms with Gasteiger partial charge in [0.05, 0.1) is 24.1 Å². The van der Waals surface area contributed by atoms with Gasteiger partial charge in [0.15, 0.2) is 0 Å². The fourth-order valence-electron chi connectivity index (χ4n) is 10.2. The van der Waals surface area contributed by atoms with Crippen LogP contribution in [0.4, 0.5) is 0 Å². The summed E-state index contributed by atoms with van der Waals surface area (Å²) in [5.74, 6) is 0.872. The zero-order valence-electron chi connectivity index (χ0n) is 29.0. The van der Waals surface area contributed by atoms with Gasteiger partial charge in [-0.3, -0.25) is 14.5 Å². The van der Waals surface area contributed by atoms with Crippen molar-refractivity contribution in [1.82, 2.24) is 19.1 Å². The Balaban J connectivity index is 1.09. The number of allylic oxidation sites excluding steroid dienone is 4. The highest BCUT2D eigenvalue weighted by atomic mass is 32.2. The predicted molar refractivity (Wildman–Crippen MR) is 195 cm³/mol. The number of likely N-dealkylation sites (tertiary alicyclic amines) is 2. The number of amides is 2. The van der Waals surface area contributed by atoms with Crippen LogP contribution >= 0.6 is 0 Å². The number of nitrogens with zero attached hydrogens (tertiary/aromatic N) is 3. The fraction of sp³-hybridized carbons (Fsp3) is 0.450. The lowest BCUT2D eigenvalue weighted by Crippen LogP contribution is -2.40. The smallest absolute Gasteiger partial charge is 0.298 e. The number of methoxy groups -OCH3 is 1. The van der Waals surface area contributed by atoms with E-state index in [9.17, 15) is 18.0 Å². The second kappa shape index (κ2) is 12.5. The molecule has 6 aliphatic rings. The van der Waals surface area contributed by atoms with E-state index in [0.717, 1.165) is 84.6 Å². The van der Waals surface area contributed by atoms with E-state index in [1.165, 1.54) is 30.4 Å². The number of carbonyl (C=O) groups is 2. The largest absolute Gasteiger partial charge is 0.496 e. The number of nitrogens with two attached hydrogens (primary N) is 1. The Morgan fingerprint density at radius 1 is 0.980 bits per heavy atom. The number of carbonyl (C=O) groups excluding carboxylic acids is 2. The Morgan fingerprint density at radius 2 is 1.73 bits per heavy atom. The Kier molecular flexibility index (Phi) is 8.01. The molecule has 1 aromatic heterocycles. The molecule has 266 valence electrons. The van der Waals surface area contributed by atoms with E-state index >= 15 is 0 Å². The topological polar surface area (TPSA) is 127 Å². The number of nitrogens with one attached hydrogen (secondary N) is 1. The van der Waals surface area contributed by atoms with Crippen molar-refractivity contribution in [3.8, 4) is 5.75 Å². The molecule has 4 atom stereocenters. The molecule has 11 heteroatoms. The van der Waals surface area contributed by atoms with Crippen LogP contribution in [0.15, 0.2) is 83.0 Å². The average molecular weight is 708 g/mol. The molecule has 2 aromatic carbocycles. The first kappa shape index (κ1) is 32.7. The van der Waals surface area contributed by atoms with Crippen molar-refractivity contribution >= 4 is 32.9 Å². The number of hydrogen-bond donors (Lipinski definition) is 2. The molecular weight excluding hydrogens is 663 g/mol. The Hall–Kier alpha value is -4.19. The van der Waals surface area contributed by atoms with Crippen molar-refractivity contribution in [1.29, 1.82) is 0 Å². The molecule has 3 fully saturated rings. The van der Waals surface area contributed by atoms with E-state index in [0.29, 0.717) is 36.3 Å². The summed E-state index contributed by atoms with van der Waals surface area (Å²) in [7, 11) is -2.56. The normalized spacial score (nSPS) is 26.1. The van der Waals surface area contributed by atoms with Crippen LogP contribution in [0.2, 0.25) is 0 Å². The van der Waals surface area contributed by atoms with Crippen LogP contribution < -0.4 is 14.6 Å². The Labute approximate surface area is 299 Å². The Morgan fingerprint density at radius 3 is 2.43 bits per heavy atom. The molecular formula is C40H45N5O5S. The van der Waals surface area contributed by atoms with Gasteiger partial charge in [0.2, 0.25) is 5.91 Å². The summed E-state index contributed by atoms with van der Waals surface area (Å²) >= 11 is 0. The van der Waals surface area contributed by atoms with Gasteiger partial charge in [-0.15, -0.1) is 0 Å². The monoisotopic (exact) mass is 707 g/mol. The molecule has 3 aliphatic carbocycles. The highest BCUT2D eigenvalue weighted by Gasteiger charge is 2.50. The van der Waals surface area contributed by atoms with E-state index in [4.69, 9.17) is 9.88 Å². The minimum absolute atomic E-state index is 0.155. The number of rotatable bonds is 7. The molecule has 0 bridgehead atoms. The van der Waals surface area contributed by atoms with Gasteiger partial charge in [0.25, 0.3) is 16.1 Å². The maximum Gasteiger partial charge on any atom is 0.298 e. The van der Waals surface area contributed by atoms with Crippen LogP contribution in [-0.4, -0.2) is 67.9 Å². The van der Waals surface area contributed by atoms with E-state index in [2.05, 4.69) is 62.9 Å². The molecule has 1 saturated carbocycles. The summed E-state index contributed by atoms with van der Waals surface area (Å²) in [4.78, 5) is 32.8. The van der Waals surface area contributed by atoms with Crippen LogP contribution in [0.3, 0.4) is 0 Å². The summed E-state index contributed by atoms with van der Waals surface area (Å²) < 4.78 is 34.2. The van der Waals surface area contributed by atoms with E-state index in [1.807, 2.05) is 16.9 Å². The summed E-state index contributed by atoms with van der Waals surface area (Å²) in [6.07, 6.45) is 10.6. The minimum Gasteiger partial charge on any atom is -0.496 e. The molecule has 0 spiro atoms. The molecule has 3 aliphatic heterocycles. The first-order valence-corrected chi connectivity index (χ1v) is 20.0. The zero-order chi connectivity index (χ0) is 35.0. The number of hydrogen-bond acceptors (Lipinski definition) is 6. The van der Waals surface area contributed by atoms with Crippen molar-refractivity contribution in [3.63, 3.8) is 0 Å². The van der Waals surface area contributed by atoms with Crippen LogP contribution in [0.1, 0.15) is 67.2 Å². The molecule has 51 heavy (non-hydrogen) atoms. The van der Waals surface area contributed by atoms with Gasteiger partial charge in [0, 0.05) is 56.3 Å². The van der Waals surface area contributed by atoms with Gasteiger partial charge >= 0.3 is 0 Å². The lowest BCUT2D eigenvalue weighted by atomic mass is 9.76. The molecule has 9 rings (SSSR count). The summed E-state index contributed by atoms with van der Waals surface area (Å²) in [5.41, 5.74) is 7.58. The predicted octanol–water partition coefficient (Wildman–Crippen LogP) is 4.89. The van der Waals surface area contributed by atoms with Crippen molar-refractivity contribution in [2.75, 3.05) is 33.3 Å². The molecule has 4 heterocycles. The third-order valence-electron chi connectivity index (χ3n) is 12.4. The van der Waals surface area contributed by atoms with Gasteiger partial charge in [0.1, 0.15) is 5.75 Å². The van der Waals surface area contributed by atoms with Gasteiger partial charge < -0.3 is 14.2 Å². The lowest BCUT2D eigenvalue weighted by Gasteiger charge is -2.33. The quantitative estimate of drug-likeness (QED) is 0.361. The third kappa shape index (κ3) is 5.74. The SMILES string of the molecule is COc1ccc(C2CCCCC2)c2c1cc1n2CC2=C(C(=O)NS(N)(=O)=O)C2=C2C=CC[C@@H](C(=O)N3CC4CN(Cc5ccccc5)CC4C3)C21. The molecule has 10 nitrogen and oxygen atoms in total. The van der Waals surface area contributed by atoms with E-state index in [-0.39, 0.29) is 17.7 Å². The molecule has 2 saturated heterocycles. The summed E-state index contributed by atoms with van der Waals surface area (Å²) in [5, 5.41) is 6.27. The van der Waals surface area contributed by atoms with Crippen LogP contribution in [-0.2, 0) is 32.9 Å². The van der Waals surface area contributed by atoms with Crippen LogP contribution in [0.25, 0.3) is 10.9 Å². The maximum atomic E-state index is 14.8. The van der Waals surface area contributed by atoms with Crippen LogP contribution in [0, 0.1) is 17.8 Å². The summed E-state index contributed by atoms with van der Waals surface area (Å²) in [6, 6.07) is 17.1. The van der Waals surface area contributed by atoms with Gasteiger partial charge in [-0.2, -0.15) is 8.42 Å². The van der Waals surface area contributed by atoms with E-state index in [1.54, 1.807) is 7.11 Å². The number of benzene rings is 2. The van der Waals surface area contributed by atoms with Crippen molar-refractivity contribution in [2.24, 2.45) is 22.9 Å². The summed E-state index contributed by atoms with van der Waals surface area (Å²) in [6.45, 7) is 4.82. The maximum absolute atomic E-state index is 14.8. The second-order valence-corrected chi connectivity index (χ2v) is 16.7. The highest BCUT2D eigenvalue weighted by Crippen LogP contribution is 2.55. The average Bonchev–Trinajstić information content (AvgIpc) is 3.30. The van der Waals surface area contributed by atoms with Crippen molar-refractivity contribution < 1.29 is 22.7 Å². The molecule has 3 aromatic rings. The second-order valence-electron chi connectivity index (χ2n) is 15.4. The number of ether oxygens (including phenoxy) is 1. The fourth-order valence-corrected chi connectivity index (χ4v) is 10.5. The zero-order valence-corrected chi connectivity index (χ0v) is 29.8.